The number of hydrogen-bond acceptors (Lipinski definition) is 3. The fraction of sp³-hybridized carbons (Fsp3) is 0.333. The Kier molecular flexibility index (Phi) is 4.53. The summed E-state index contributed by atoms with van der Waals surface area (Å²) in [7, 11) is 0. The van der Waals surface area contributed by atoms with Crippen LogP contribution in [-0.4, -0.2) is 29.7 Å². The monoisotopic (exact) mass is 275 g/mol. The van der Waals surface area contributed by atoms with Crippen molar-refractivity contribution in [3.05, 3.63) is 35.9 Å². The van der Waals surface area contributed by atoms with Crippen molar-refractivity contribution in [3.8, 4) is 0 Å². The quantitative estimate of drug-likeness (QED) is 0.825. The zero-order valence-corrected chi connectivity index (χ0v) is 11.2. The summed E-state index contributed by atoms with van der Waals surface area (Å²) < 4.78 is 5.37. The summed E-state index contributed by atoms with van der Waals surface area (Å²) in [4.78, 5) is 22.4. The summed E-state index contributed by atoms with van der Waals surface area (Å²) >= 11 is 0. The van der Waals surface area contributed by atoms with Gasteiger partial charge in [0.1, 0.15) is 0 Å². The van der Waals surface area contributed by atoms with Gasteiger partial charge in [0.25, 0.3) is 0 Å². The third-order valence-corrected chi connectivity index (χ3v) is 3.17. The lowest BCUT2D eigenvalue weighted by Gasteiger charge is -2.09. The molecule has 2 N–H and O–H groups in total. The molecule has 1 aromatic rings. The average molecular weight is 275 g/mol. The van der Waals surface area contributed by atoms with Crippen molar-refractivity contribution in [3.63, 3.8) is 0 Å². The van der Waals surface area contributed by atoms with E-state index in [1.54, 1.807) is 24.3 Å². The van der Waals surface area contributed by atoms with Gasteiger partial charge in [-0.25, -0.2) is 4.79 Å². The Morgan fingerprint density at radius 2 is 2.05 bits per heavy atom. The van der Waals surface area contributed by atoms with Gasteiger partial charge in [0, 0.05) is 11.8 Å². The Morgan fingerprint density at radius 1 is 1.35 bits per heavy atom. The van der Waals surface area contributed by atoms with Gasteiger partial charge in [-0.1, -0.05) is 12.1 Å². The second-order valence-electron chi connectivity index (χ2n) is 4.86. The van der Waals surface area contributed by atoms with Crippen LogP contribution in [0.1, 0.15) is 18.9 Å². The van der Waals surface area contributed by atoms with E-state index in [2.05, 4.69) is 5.32 Å². The molecule has 2 rings (SSSR count). The Hall–Kier alpha value is -2.14. The molecule has 0 saturated carbocycles. The number of anilines is 1. The predicted molar refractivity (Wildman–Crippen MR) is 75.3 cm³/mol. The van der Waals surface area contributed by atoms with Crippen molar-refractivity contribution in [1.29, 1.82) is 0 Å². The SMILES string of the molecule is CC1CC(C(=O)Nc2ccc(/C=C/C(=O)O)cc2)CO1. The molecule has 0 spiro atoms. The van der Waals surface area contributed by atoms with Gasteiger partial charge in [0.2, 0.25) is 5.91 Å². The first-order valence-corrected chi connectivity index (χ1v) is 6.48. The highest BCUT2D eigenvalue weighted by molar-refractivity contribution is 5.93. The van der Waals surface area contributed by atoms with Crippen LogP contribution < -0.4 is 5.32 Å². The van der Waals surface area contributed by atoms with E-state index in [-0.39, 0.29) is 17.9 Å². The second kappa shape index (κ2) is 6.34. The minimum Gasteiger partial charge on any atom is -0.478 e. The van der Waals surface area contributed by atoms with Crippen molar-refractivity contribution >= 4 is 23.6 Å². The van der Waals surface area contributed by atoms with E-state index < -0.39 is 5.97 Å². The lowest BCUT2D eigenvalue weighted by atomic mass is 10.1. The molecule has 1 aliphatic heterocycles. The van der Waals surface area contributed by atoms with Crippen molar-refractivity contribution in [1.82, 2.24) is 0 Å². The van der Waals surface area contributed by atoms with Crippen molar-refractivity contribution in [2.45, 2.75) is 19.4 Å². The summed E-state index contributed by atoms with van der Waals surface area (Å²) in [6.07, 6.45) is 3.45. The van der Waals surface area contributed by atoms with Crippen LogP contribution in [0.3, 0.4) is 0 Å². The largest absolute Gasteiger partial charge is 0.478 e. The van der Waals surface area contributed by atoms with Crippen LogP contribution in [0.2, 0.25) is 0 Å². The van der Waals surface area contributed by atoms with Crippen LogP contribution in [0.15, 0.2) is 30.3 Å². The number of rotatable bonds is 4. The molecule has 106 valence electrons. The third-order valence-electron chi connectivity index (χ3n) is 3.17. The van der Waals surface area contributed by atoms with Crippen LogP contribution in [0.4, 0.5) is 5.69 Å². The molecule has 0 radical (unpaired) electrons. The first-order valence-electron chi connectivity index (χ1n) is 6.48. The lowest BCUT2D eigenvalue weighted by Crippen LogP contribution is -2.22. The molecule has 1 heterocycles. The first-order chi connectivity index (χ1) is 9.54. The van der Waals surface area contributed by atoms with Gasteiger partial charge in [0.15, 0.2) is 0 Å². The van der Waals surface area contributed by atoms with Gasteiger partial charge in [-0.2, -0.15) is 0 Å². The zero-order valence-electron chi connectivity index (χ0n) is 11.2. The molecule has 1 aliphatic rings. The molecule has 0 bridgehead atoms. The molecule has 0 aliphatic carbocycles. The number of carbonyl (C=O) groups is 2. The van der Waals surface area contributed by atoms with Crippen LogP contribution >= 0.6 is 0 Å². The fourth-order valence-corrected chi connectivity index (χ4v) is 2.09. The number of ether oxygens (including phenoxy) is 1. The number of hydrogen-bond donors (Lipinski definition) is 2. The minimum absolute atomic E-state index is 0.0387. The van der Waals surface area contributed by atoms with Crippen LogP contribution in [0, 0.1) is 5.92 Å². The number of carboxylic acids is 1. The number of aliphatic carboxylic acids is 1. The molecular weight excluding hydrogens is 258 g/mol. The van der Waals surface area contributed by atoms with Gasteiger partial charge < -0.3 is 15.2 Å². The molecule has 20 heavy (non-hydrogen) atoms. The Bertz CT molecular complexity index is 521. The Labute approximate surface area is 117 Å². The van der Waals surface area contributed by atoms with E-state index in [9.17, 15) is 9.59 Å². The first kappa shape index (κ1) is 14.3. The smallest absolute Gasteiger partial charge is 0.328 e. The molecule has 2 atom stereocenters. The molecule has 5 nitrogen and oxygen atoms in total. The number of carboxylic acid groups (broad SMARTS) is 1. The van der Waals surface area contributed by atoms with Gasteiger partial charge >= 0.3 is 5.97 Å². The third kappa shape index (κ3) is 3.93. The van der Waals surface area contributed by atoms with Gasteiger partial charge in [-0.3, -0.25) is 4.79 Å². The highest BCUT2D eigenvalue weighted by atomic mass is 16.5. The summed E-state index contributed by atoms with van der Waals surface area (Å²) in [6, 6.07) is 7.00. The summed E-state index contributed by atoms with van der Waals surface area (Å²) in [5, 5.41) is 11.4. The lowest BCUT2D eigenvalue weighted by molar-refractivity contribution is -0.131. The normalized spacial score (nSPS) is 22.1. The minimum atomic E-state index is -0.988. The molecule has 1 saturated heterocycles. The average Bonchev–Trinajstić information content (AvgIpc) is 2.85. The maximum atomic E-state index is 12.0. The maximum absolute atomic E-state index is 12.0. The summed E-state index contributed by atoms with van der Waals surface area (Å²) in [5.41, 5.74) is 1.46. The molecule has 0 aromatic heterocycles. The molecule has 1 amide bonds. The van der Waals surface area contributed by atoms with Crippen LogP contribution in [-0.2, 0) is 14.3 Å². The Balaban J connectivity index is 1.93. The topological polar surface area (TPSA) is 75.6 Å². The number of benzene rings is 1. The van der Waals surface area contributed by atoms with E-state index in [0.29, 0.717) is 12.3 Å². The molecule has 2 unspecified atom stereocenters. The number of nitrogens with one attached hydrogen (secondary N) is 1. The Morgan fingerprint density at radius 3 is 2.60 bits per heavy atom. The van der Waals surface area contributed by atoms with Crippen molar-refractivity contribution in [2.24, 2.45) is 5.92 Å². The summed E-state index contributed by atoms with van der Waals surface area (Å²) in [5.74, 6) is -1.13. The predicted octanol–water partition coefficient (Wildman–Crippen LogP) is 2.15. The zero-order chi connectivity index (χ0) is 14.5. The van der Waals surface area contributed by atoms with Crippen molar-refractivity contribution < 1.29 is 19.4 Å². The molecule has 5 heteroatoms. The standard InChI is InChI=1S/C15H17NO4/c1-10-8-12(9-20-10)15(19)16-13-5-2-11(3-6-13)4-7-14(17)18/h2-7,10,12H,8-9H2,1H3,(H,16,19)(H,17,18)/b7-4+. The van der Waals surface area contributed by atoms with E-state index >= 15 is 0 Å². The molecular formula is C15H17NO4. The fourth-order valence-electron chi connectivity index (χ4n) is 2.09. The van der Waals surface area contributed by atoms with E-state index in [0.717, 1.165) is 18.1 Å². The second-order valence-corrected chi connectivity index (χ2v) is 4.86. The molecule has 1 fully saturated rings. The van der Waals surface area contributed by atoms with Gasteiger partial charge in [0.05, 0.1) is 18.6 Å². The van der Waals surface area contributed by atoms with Gasteiger partial charge in [-0.05, 0) is 37.1 Å². The van der Waals surface area contributed by atoms with Crippen molar-refractivity contribution in [2.75, 3.05) is 11.9 Å². The number of carbonyl (C=O) groups excluding carboxylic acids is 1. The van der Waals surface area contributed by atoms with Crippen LogP contribution in [0.25, 0.3) is 6.08 Å². The van der Waals surface area contributed by atoms with Gasteiger partial charge in [-0.15, -0.1) is 0 Å². The van der Waals surface area contributed by atoms with E-state index in [4.69, 9.17) is 9.84 Å². The van der Waals surface area contributed by atoms with Crippen LogP contribution in [0.5, 0.6) is 0 Å². The highest BCUT2D eigenvalue weighted by Crippen LogP contribution is 2.21. The maximum Gasteiger partial charge on any atom is 0.328 e. The van der Waals surface area contributed by atoms with E-state index in [1.807, 2.05) is 6.92 Å². The summed E-state index contributed by atoms with van der Waals surface area (Å²) in [6.45, 7) is 2.42. The number of amides is 1. The highest BCUT2D eigenvalue weighted by Gasteiger charge is 2.28. The molecule has 1 aromatic carbocycles. The van der Waals surface area contributed by atoms with E-state index in [1.165, 1.54) is 6.08 Å².